The number of aromatic amines is 1. The van der Waals surface area contributed by atoms with E-state index in [0.717, 1.165) is 32.6 Å². The first kappa shape index (κ1) is 20.9. The van der Waals surface area contributed by atoms with Crippen molar-refractivity contribution in [3.05, 3.63) is 48.5 Å². The Morgan fingerprint density at radius 2 is 1.64 bits per heavy atom. The van der Waals surface area contributed by atoms with Crippen LogP contribution in [-0.2, 0) is 7.05 Å². The van der Waals surface area contributed by atoms with Gasteiger partial charge < -0.3 is 39.2 Å². The number of nitrogens with zero attached hydrogens (tertiary/aromatic N) is 2. The second kappa shape index (κ2) is 9.09. The minimum absolute atomic E-state index is 0. The summed E-state index contributed by atoms with van der Waals surface area (Å²) >= 11 is 0. The van der Waals surface area contributed by atoms with Crippen molar-refractivity contribution in [1.29, 1.82) is 0 Å². The van der Waals surface area contributed by atoms with Crippen molar-refractivity contribution in [2.24, 2.45) is 7.05 Å². The van der Waals surface area contributed by atoms with Crippen LogP contribution in [0.1, 0.15) is 20.3 Å². The number of hydrogen-bond acceptors (Lipinski definition) is 2. The van der Waals surface area contributed by atoms with E-state index in [1.54, 1.807) is 0 Å². The van der Waals surface area contributed by atoms with Crippen molar-refractivity contribution in [2.45, 2.75) is 20.3 Å². The second-order valence-corrected chi connectivity index (χ2v) is 7.15. The van der Waals surface area contributed by atoms with Gasteiger partial charge in [-0.05, 0) is 44.3 Å². The molecule has 0 aliphatic rings. The molecule has 2 aromatic carbocycles. The third kappa shape index (κ3) is 3.70. The molecule has 0 spiro atoms. The van der Waals surface area contributed by atoms with Gasteiger partial charge in [-0.1, -0.05) is 38.1 Å². The van der Waals surface area contributed by atoms with Crippen LogP contribution in [-0.4, -0.2) is 36.1 Å². The molecule has 0 aliphatic carbocycles. The Bertz CT molecular complexity index is 1080. The molecule has 2 N–H and O–H groups in total. The Morgan fingerprint density at radius 1 is 0.964 bits per heavy atom. The molecule has 2 heterocycles. The van der Waals surface area contributed by atoms with E-state index in [2.05, 4.69) is 89.2 Å². The first-order valence-corrected chi connectivity index (χ1v) is 10.0. The van der Waals surface area contributed by atoms with Crippen molar-refractivity contribution in [3.8, 4) is 0 Å². The zero-order valence-electron chi connectivity index (χ0n) is 16.9. The summed E-state index contributed by atoms with van der Waals surface area (Å²) < 4.78 is 2.31. The SMILES string of the molecule is CCN(CC)CCCNc1c2ccccc2[n+](C)c2c1[nH]c1ccccc12.[I-]. The van der Waals surface area contributed by atoms with Gasteiger partial charge >= 0.3 is 0 Å². The Balaban J connectivity index is 0.00000225. The van der Waals surface area contributed by atoms with E-state index >= 15 is 0 Å². The number of aromatic nitrogens is 2. The predicted molar refractivity (Wildman–Crippen MR) is 115 cm³/mol. The first-order valence-electron chi connectivity index (χ1n) is 10.0. The average Bonchev–Trinajstić information content (AvgIpc) is 3.10. The van der Waals surface area contributed by atoms with E-state index in [-0.39, 0.29) is 24.0 Å². The van der Waals surface area contributed by atoms with Crippen molar-refractivity contribution in [3.63, 3.8) is 0 Å². The lowest BCUT2D eigenvalue weighted by atomic mass is 10.1. The molecule has 0 fully saturated rings. The summed E-state index contributed by atoms with van der Waals surface area (Å²) in [5.41, 5.74) is 6.11. The minimum Gasteiger partial charge on any atom is -1.00 e. The van der Waals surface area contributed by atoms with Crippen LogP contribution in [0.3, 0.4) is 0 Å². The number of nitrogens with one attached hydrogen (secondary N) is 2. The molecule has 0 unspecified atom stereocenters. The van der Waals surface area contributed by atoms with Crippen LogP contribution in [0.4, 0.5) is 5.69 Å². The van der Waals surface area contributed by atoms with E-state index in [9.17, 15) is 0 Å². The topological polar surface area (TPSA) is 34.9 Å². The van der Waals surface area contributed by atoms with E-state index in [1.165, 1.54) is 38.5 Å². The molecule has 0 amide bonds. The van der Waals surface area contributed by atoms with Crippen molar-refractivity contribution < 1.29 is 28.5 Å². The summed E-state index contributed by atoms with van der Waals surface area (Å²) in [6.07, 6.45) is 1.14. The van der Waals surface area contributed by atoms with Crippen LogP contribution >= 0.6 is 0 Å². The monoisotopic (exact) mass is 488 g/mol. The summed E-state index contributed by atoms with van der Waals surface area (Å²) in [4.78, 5) is 6.13. The van der Waals surface area contributed by atoms with Gasteiger partial charge in [-0.15, -0.1) is 0 Å². The number of fused-ring (bicyclic) bond motifs is 4. The molecule has 0 aliphatic heterocycles. The lowest BCUT2D eigenvalue weighted by molar-refractivity contribution is -0.616. The maximum absolute atomic E-state index is 3.75. The molecule has 0 saturated carbocycles. The molecule has 0 bridgehead atoms. The average molecular weight is 488 g/mol. The van der Waals surface area contributed by atoms with Gasteiger partial charge in [0.1, 0.15) is 12.6 Å². The van der Waals surface area contributed by atoms with E-state index in [0.29, 0.717) is 0 Å². The summed E-state index contributed by atoms with van der Waals surface area (Å²) in [7, 11) is 2.16. The Morgan fingerprint density at radius 3 is 2.39 bits per heavy atom. The number of halogens is 1. The van der Waals surface area contributed by atoms with Crippen LogP contribution in [0.2, 0.25) is 0 Å². The smallest absolute Gasteiger partial charge is 0.240 e. The van der Waals surface area contributed by atoms with Crippen LogP contribution in [0.25, 0.3) is 32.8 Å². The molecule has 28 heavy (non-hydrogen) atoms. The number of rotatable bonds is 7. The predicted octanol–water partition coefficient (Wildman–Crippen LogP) is 1.45. The van der Waals surface area contributed by atoms with Crippen LogP contribution in [0.15, 0.2) is 48.5 Å². The van der Waals surface area contributed by atoms with E-state index in [4.69, 9.17) is 0 Å². The zero-order chi connectivity index (χ0) is 18.8. The summed E-state index contributed by atoms with van der Waals surface area (Å²) in [5.74, 6) is 0. The molecule has 4 rings (SSSR count). The van der Waals surface area contributed by atoms with Crippen molar-refractivity contribution >= 4 is 38.5 Å². The molecule has 0 atom stereocenters. The van der Waals surface area contributed by atoms with Crippen LogP contribution in [0.5, 0.6) is 0 Å². The maximum atomic E-state index is 3.75. The largest absolute Gasteiger partial charge is 1.00 e. The number of aryl methyl sites for hydroxylation is 1. The van der Waals surface area contributed by atoms with E-state index < -0.39 is 0 Å². The number of para-hydroxylation sites is 2. The number of anilines is 1. The molecule has 0 saturated heterocycles. The lowest BCUT2D eigenvalue weighted by Crippen LogP contribution is -3.00. The molecule has 2 aromatic heterocycles. The maximum Gasteiger partial charge on any atom is 0.240 e. The third-order valence-electron chi connectivity index (χ3n) is 5.65. The highest BCUT2D eigenvalue weighted by atomic mass is 127. The van der Waals surface area contributed by atoms with Gasteiger partial charge in [-0.2, -0.15) is 4.57 Å². The first-order chi connectivity index (χ1) is 13.2. The summed E-state index contributed by atoms with van der Waals surface area (Å²) in [6.45, 7) is 8.80. The van der Waals surface area contributed by atoms with Gasteiger partial charge in [0, 0.05) is 12.6 Å². The van der Waals surface area contributed by atoms with E-state index in [1.807, 2.05) is 0 Å². The number of benzene rings is 2. The fraction of sp³-hybridized carbons (Fsp3) is 0.348. The molecule has 5 heteroatoms. The highest BCUT2D eigenvalue weighted by molar-refractivity contribution is 6.13. The highest BCUT2D eigenvalue weighted by Gasteiger charge is 2.21. The zero-order valence-corrected chi connectivity index (χ0v) is 19.1. The van der Waals surface area contributed by atoms with Gasteiger partial charge in [0.15, 0.2) is 0 Å². The highest BCUT2D eigenvalue weighted by Crippen LogP contribution is 2.33. The Labute approximate surface area is 183 Å². The fourth-order valence-electron chi connectivity index (χ4n) is 4.13. The van der Waals surface area contributed by atoms with Gasteiger partial charge in [0.25, 0.3) is 0 Å². The molecule has 4 aromatic rings. The second-order valence-electron chi connectivity index (χ2n) is 7.15. The number of pyridine rings is 1. The van der Waals surface area contributed by atoms with Crippen LogP contribution in [0, 0.1) is 0 Å². The summed E-state index contributed by atoms with van der Waals surface area (Å²) in [5, 5.41) is 6.29. The summed E-state index contributed by atoms with van der Waals surface area (Å²) in [6, 6.07) is 17.2. The van der Waals surface area contributed by atoms with Crippen molar-refractivity contribution in [1.82, 2.24) is 9.88 Å². The lowest BCUT2D eigenvalue weighted by Gasteiger charge is -2.18. The molecule has 0 radical (unpaired) electrons. The third-order valence-corrected chi connectivity index (χ3v) is 5.65. The normalized spacial score (nSPS) is 11.4. The number of hydrogen-bond donors (Lipinski definition) is 2. The van der Waals surface area contributed by atoms with Gasteiger partial charge in [0.05, 0.1) is 22.0 Å². The van der Waals surface area contributed by atoms with Crippen molar-refractivity contribution in [2.75, 3.05) is 31.5 Å². The minimum atomic E-state index is 0. The molecular formula is C23H29IN4. The van der Waals surface area contributed by atoms with Crippen LogP contribution < -0.4 is 33.9 Å². The Hall–Kier alpha value is -1.86. The molecule has 148 valence electrons. The van der Waals surface area contributed by atoms with Gasteiger partial charge in [-0.3, -0.25) is 0 Å². The Kier molecular flexibility index (Phi) is 6.78. The molecule has 4 nitrogen and oxygen atoms in total. The molecular weight excluding hydrogens is 459 g/mol. The fourth-order valence-corrected chi connectivity index (χ4v) is 4.13. The van der Waals surface area contributed by atoms with Gasteiger partial charge in [-0.25, -0.2) is 0 Å². The number of H-pyrrole nitrogens is 1. The standard InChI is InChI=1S/C23H28N4.HI/c1-4-27(5-2)16-10-15-24-21-18-12-7-9-14-20(18)26(3)23-17-11-6-8-13-19(17)25-22(21)23;/h6-9,11-14H,4-5,10,15-16H2,1-3H3,(H,24,25);1H. The quantitative estimate of drug-likeness (QED) is 0.235. The van der Waals surface area contributed by atoms with Gasteiger partial charge in [0.2, 0.25) is 11.0 Å².